The van der Waals surface area contributed by atoms with Crippen LogP contribution in [0.5, 0.6) is 0 Å². The number of piperidine rings is 1. The number of hydrogen-bond donors (Lipinski definition) is 1. The molecule has 1 aliphatic carbocycles. The van der Waals surface area contributed by atoms with Crippen LogP contribution in [-0.4, -0.2) is 68.4 Å². The second-order valence-electron chi connectivity index (χ2n) is 9.24. The Morgan fingerprint density at radius 3 is 2.30 bits per heavy atom. The molecule has 8 heteroatoms. The molecule has 27 heavy (non-hydrogen) atoms. The molecule has 3 aliphatic rings. The van der Waals surface area contributed by atoms with E-state index in [1.54, 1.807) is 6.92 Å². The lowest BCUT2D eigenvalue weighted by atomic mass is 9.65. The maximum atomic E-state index is 13.2. The van der Waals surface area contributed by atoms with E-state index >= 15 is 0 Å². The van der Waals surface area contributed by atoms with E-state index in [1.807, 2.05) is 4.90 Å². The first-order chi connectivity index (χ1) is 12.5. The smallest absolute Gasteiger partial charge is 0.227 e. The summed E-state index contributed by atoms with van der Waals surface area (Å²) in [6.45, 7) is 8.44. The zero-order valence-corrected chi connectivity index (χ0v) is 17.8. The van der Waals surface area contributed by atoms with Crippen LogP contribution >= 0.6 is 0 Å². The molecule has 0 radical (unpaired) electrons. The molecular formula is C19H33N3O4S. The third-order valence-corrected chi connectivity index (χ3v) is 8.33. The molecule has 154 valence electrons. The average molecular weight is 400 g/mol. The highest BCUT2D eigenvalue weighted by Gasteiger charge is 2.65. The fourth-order valence-electron chi connectivity index (χ4n) is 5.48. The molecule has 3 fully saturated rings. The van der Waals surface area contributed by atoms with Crippen molar-refractivity contribution in [2.75, 3.05) is 39.0 Å². The summed E-state index contributed by atoms with van der Waals surface area (Å²) in [6, 6.07) is 0. The first-order valence-electron chi connectivity index (χ1n) is 9.99. The number of fused-ring (bicyclic) bond motifs is 2. The van der Waals surface area contributed by atoms with Gasteiger partial charge >= 0.3 is 0 Å². The molecule has 0 bridgehead atoms. The second kappa shape index (κ2) is 7.03. The molecule has 2 saturated heterocycles. The summed E-state index contributed by atoms with van der Waals surface area (Å²) in [5, 5.41) is 3.08. The SMILES string of the molecule is CC(=O)N1CCC2(CC1)CC[C@@]1(C(=O)NCC(C)C)CN(S(C)(=O)=O)C[C@@H]21. The van der Waals surface area contributed by atoms with E-state index in [1.165, 1.54) is 10.6 Å². The number of rotatable bonds is 4. The van der Waals surface area contributed by atoms with Crippen LogP contribution in [0.2, 0.25) is 0 Å². The lowest BCUT2D eigenvalue weighted by molar-refractivity contribution is -0.135. The molecule has 7 nitrogen and oxygen atoms in total. The standard InChI is InChI=1S/C19H33N3O4S/c1-14(2)11-20-17(24)19-6-5-18(7-9-21(10-8-18)15(3)23)16(19)12-22(13-19)27(4,25)26/h14,16H,5-13H2,1-4H3,(H,20,24)/t16-,19+/m0/s1. The van der Waals surface area contributed by atoms with Crippen LogP contribution in [0, 0.1) is 22.7 Å². The Balaban J connectivity index is 1.87. The highest BCUT2D eigenvalue weighted by atomic mass is 32.2. The van der Waals surface area contributed by atoms with Crippen molar-refractivity contribution in [1.82, 2.24) is 14.5 Å². The Bertz CT molecular complexity index is 712. The highest BCUT2D eigenvalue weighted by Crippen LogP contribution is 2.62. The highest BCUT2D eigenvalue weighted by molar-refractivity contribution is 7.88. The van der Waals surface area contributed by atoms with Gasteiger partial charge in [-0.1, -0.05) is 13.8 Å². The van der Waals surface area contributed by atoms with E-state index in [9.17, 15) is 18.0 Å². The first kappa shape index (κ1) is 20.6. The first-order valence-corrected chi connectivity index (χ1v) is 11.8. The van der Waals surface area contributed by atoms with Crippen molar-refractivity contribution in [2.24, 2.45) is 22.7 Å². The molecule has 0 unspecified atom stereocenters. The summed E-state index contributed by atoms with van der Waals surface area (Å²) >= 11 is 0. The van der Waals surface area contributed by atoms with Gasteiger partial charge in [-0.3, -0.25) is 9.59 Å². The van der Waals surface area contributed by atoms with Crippen LogP contribution in [0.4, 0.5) is 0 Å². The third kappa shape index (κ3) is 3.62. The Morgan fingerprint density at radius 1 is 1.15 bits per heavy atom. The van der Waals surface area contributed by atoms with E-state index in [-0.39, 0.29) is 23.1 Å². The van der Waals surface area contributed by atoms with Crippen molar-refractivity contribution >= 4 is 21.8 Å². The average Bonchev–Trinajstić information content (AvgIpc) is 3.11. The molecule has 2 aliphatic heterocycles. The van der Waals surface area contributed by atoms with E-state index in [4.69, 9.17) is 0 Å². The van der Waals surface area contributed by atoms with Gasteiger partial charge in [0.15, 0.2) is 0 Å². The number of likely N-dealkylation sites (tertiary alicyclic amines) is 1. The molecule has 2 amide bonds. The molecule has 0 aromatic rings. The van der Waals surface area contributed by atoms with Gasteiger partial charge in [0.1, 0.15) is 0 Å². The largest absolute Gasteiger partial charge is 0.355 e. The molecule has 2 atom stereocenters. The summed E-state index contributed by atoms with van der Waals surface area (Å²) < 4.78 is 26.0. The number of sulfonamides is 1. The Hall–Kier alpha value is -1.15. The summed E-state index contributed by atoms with van der Waals surface area (Å²) in [4.78, 5) is 26.8. The monoisotopic (exact) mass is 399 g/mol. The van der Waals surface area contributed by atoms with Crippen LogP contribution in [0.25, 0.3) is 0 Å². The molecule has 1 saturated carbocycles. The second-order valence-corrected chi connectivity index (χ2v) is 11.2. The maximum Gasteiger partial charge on any atom is 0.227 e. The van der Waals surface area contributed by atoms with E-state index in [0.29, 0.717) is 38.6 Å². The van der Waals surface area contributed by atoms with Gasteiger partial charge in [-0.25, -0.2) is 12.7 Å². The van der Waals surface area contributed by atoms with Gasteiger partial charge in [0.05, 0.1) is 11.7 Å². The lowest BCUT2D eigenvalue weighted by Gasteiger charge is -2.44. The van der Waals surface area contributed by atoms with Gasteiger partial charge in [0.2, 0.25) is 21.8 Å². The minimum Gasteiger partial charge on any atom is -0.355 e. The predicted molar refractivity (Wildman–Crippen MR) is 103 cm³/mol. The van der Waals surface area contributed by atoms with Gasteiger partial charge in [-0.2, -0.15) is 0 Å². The number of amides is 2. The van der Waals surface area contributed by atoms with Gasteiger partial charge < -0.3 is 10.2 Å². The number of nitrogens with zero attached hydrogens (tertiary/aromatic N) is 2. The van der Waals surface area contributed by atoms with Gasteiger partial charge in [-0.05, 0) is 42.9 Å². The Labute approximate surface area is 162 Å². The number of hydrogen-bond acceptors (Lipinski definition) is 4. The predicted octanol–water partition coefficient (Wildman–Crippen LogP) is 1.06. The van der Waals surface area contributed by atoms with Crippen molar-refractivity contribution in [2.45, 2.75) is 46.5 Å². The van der Waals surface area contributed by atoms with Crippen molar-refractivity contribution < 1.29 is 18.0 Å². The van der Waals surface area contributed by atoms with Crippen molar-refractivity contribution in [1.29, 1.82) is 0 Å². The molecule has 2 heterocycles. The number of carbonyl (C=O) groups is 2. The third-order valence-electron chi connectivity index (χ3n) is 7.12. The normalized spacial score (nSPS) is 30.7. The van der Waals surface area contributed by atoms with Crippen molar-refractivity contribution in [3.05, 3.63) is 0 Å². The molecule has 1 spiro atoms. The molecule has 0 aromatic heterocycles. The van der Waals surface area contributed by atoms with Gasteiger partial charge in [0, 0.05) is 39.6 Å². The summed E-state index contributed by atoms with van der Waals surface area (Å²) in [5.74, 6) is 0.484. The van der Waals surface area contributed by atoms with Gasteiger partial charge in [0.25, 0.3) is 0 Å². The maximum absolute atomic E-state index is 13.2. The fraction of sp³-hybridized carbons (Fsp3) is 0.895. The molecular weight excluding hydrogens is 366 g/mol. The van der Waals surface area contributed by atoms with Crippen LogP contribution in [0.15, 0.2) is 0 Å². The van der Waals surface area contributed by atoms with E-state index < -0.39 is 15.4 Å². The minimum atomic E-state index is -3.34. The number of nitrogens with one attached hydrogen (secondary N) is 1. The van der Waals surface area contributed by atoms with Gasteiger partial charge in [-0.15, -0.1) is 0 Å². The van der Waals surface area contributed by atoms with Crippen LogP contribution in [0.3, 0.4) is 0 Å². The fourth-order valence-corrected chi connectivity index (χ4v) is 6.37. The summed E-state index contributed by atoms with van der Waals surface area (Å²) in [7, 11) is -3.34. The summed E-state index contributed by atoms with van der Waals surface area (Å²) in [6.07, 6.45) is 4.62. The lowest BCUT2D eigenvalue weighted by Crippen LogP contribution is -2.50. The molecule has 0 aromatic carbocycles. The molecule has 1 N–H and O–H groups in total. The van der Waals surface area contributed by atoms with Crippen LogP contribution < -0.4 is 5.32 Å². The Morgan fingerprint density at radius 2 is 1.78 bits per heavy atom. The van der Waals surface area contributed by atoms with Crippen molar-refractivity contribution in [3.8, 4) is 0 Å². The zero-order chi connectivity index (χ0) is 20.0. The molecule has 3 rings (SSSR count). The summed E-state index contributed by atoms with van der Waals surface area (Å²) in [5.41, 5.74) is -0.670. The Kier molecular flexibility index (Phi) is 5.36. The zero-order valence-electron chi connectivity index (χ0n) is 17.0. The van der Waals surface area contributed by atoms with Crippen molar-refractivity contribution in [3.63, 3.8) is 0 Å². The topological polar surface area (TPSA) is 86.8 Å². The van der Waals surface area contributed by atoms with E-state index in [2.05, 4.69) is 19.2 Å². The quantitative estimate of drug-likeness (QED) is 0.766. The van der Waals surface area contributed by atoms with E-state index in [0.717, 1.165) is 25.7 Å². The van der Waals surface area contributed by atoms with Crippen LogP contribution in [-0.2, 0) is 19.6 Å². The van der Waals surface area contributed by atoms with Crippen LogP contribution in [0.1, 0.15) is 46.5 Å². The number of carbonyl (C=O) groups excluding carboxylic acids is 2. The minimum absolute atomic E-state index is 0.0122.